The molecule has 0 bridgehead atoms. The fraction of sp³-hybridized carbons (Fsp3) is 0.333. The monoisotopic (exact) mass is 383 g/mol. The molecule has 2 aromatic carbocycles. The summed E-state index contributed by atoms with van der Waals surface area (Å²) in [7, 11) is 5.05. The number of benzene rings is 2. The highest BCUT2D eigenvalue weighted by molar-refractivity contribution is 5.81. The van der Waals surface area contributed by atoms with Crippen molar-refractivity contribution >= 4 is 10.9 Å². The normalized spacial score (nSPS) is 11.0. The van der Waals surface area contributed by atoms with Crippen LogP contribution in [0.5, 0.6) is 17.2 Å². The van der Waals surface area contributed by atoms with Gasteiger partial charge in [0, 0.05) is 12.6 Å². The summed E-state index contributed by atoms with van der Waals surface area (Å²) in [5.74, 6) is 2.51. The number of aromatic amines is 1. The molecule has 0 aliphatic rings. The molecule has 0 radical (unpaired) electrons. The van der Waals surface area contributed by atoms with Crippen LogP contribution in [0.15, 0.2) is 41.2 Å². The van der Waals surface area contributed by atoms with Crippen LogP contribution in [0.1, 0.15) is 11.4 Å². The Hall–Kier alpha value is -3.06. The number of aryl methyl sites for hydroxylation is 1. The molecule has 1 N–H and O–H groups in total. The zero-order chi connectivity index (χ0) is 20.1. The van der Waals surface area contributed by atoms with Gasteiger partial charge < -0.3 is 19.2 Å². The van der Waals surface area contributed by atoms with Crippen molar-refractivity contribution in [1.29, 1.82) is 0 Å². The maximum Gasteiger partial charge on any atom is 0.258 e. The lowest BCUT2D eigenvalue weighted by atomic mass is 10.2. The lowest BCUT2D eigenvalue weighted by molar-refractivity contribution is 0.229. The number of nitrogens with one attached hydrogen (secondary N) is 1. The van der Waals surface area contributed by atoms with Crippen LogP contribution in [0.3, 0.4) is 0 Å². The van der Waals surface area contributed by atoms with E-state index in [4.69, 9.17) is 14.2 Å². The van der Waals surface area contributed by atoms with Gasteiger partial charge in [0.1, 0.15) is 18.2 Å². The highest BCUT2D eigenvalue weighted by atomic mass is 16.5. The van der Waals surface area contributed by atoms with E-state index in [0.29, 0.717) is 47.9 Å². The van der Waals surface area contributed by atoms with Crippen LogP contribution in [0, 0.1) is 6.92 Å². The molecule has 0 unspecified atom stereocenters. The van der Waals surface area contributed by atoms with Crippen LogP contribution in [0.2, 0.25) is 0 Å². The fourth-order valence-corrected chi connectivity index (χ4v) is 2.95. The molecule has 0 saturated heterocycles. The minimum atomic E-state index is -0.203. The Bertz CT molecular complexity index is 1020. The van der Waals surface area contributed by atoms with Gasteiger partial charge in [0.05, 0.1) is 31.7 Å². The van der Waals surface area contributed by atoms with Crippen molar-refractivity contribution in [3.8, 4) is 17.2 Å². The molecule has 0 saturated carbocycles. The highest BCUT2D eigenvalue weighted by Crippen LogP contribution is 2.29. The molecule has 0 aliphatic carbocycles. The van der Waals surface area contributed by atoms with E-state index >= 15 is 0 Å². The third kappa shape index (κ3) is 4.43. The molecule has 7 heteroatoms. The molecule has 1 heterocycles. The average Bonchev–Trinajstić information content (AvgIpc) is 2.68. The summed E-state index contributed by atoms with van der Waals surface area (Å²) in [6.45, 7) is 3.76. The number of rotatable bonds is 8. The van der Waals surface area contributed by atoms with Gasteiger partial charge in [0.2, 0.25) is 0 Å². The van der Waals surface area contributed by atoms with Crippen molar-refractivity contribution in [3.63, 3.8) is 0 Å². The number of ether oxygens (including phenoxy) is 3. The summed E-state index contributed by atoms with van der Waals surface area (Å²) in [5, 5.41) is 0.465. The first kappa shape index (κ1) is 19.7. The zero-order valence-corrected chi connectivity index (χ0v) is 16.6. The highest BCUT2D eigenvalue weighted by Gasteiger charge is 2.12. The molecule has 3 rings (SSSR count). The second kappa shape index (κ2) is 8.75. The van der Waals surface area contributed by atoms with E-state index < -0.39 is 0 Å². The van der Waals surface area contributed by atoms with Gasteiger partial charge in [-0.15, -0.1) is 0 Å². The predicted octanol–water partition coefficient (Wildman–Crippen LogP) is 2.76. The molecular formula is C21H25N3O4. The van der Waals surface area contributed by atoms with Crippen molar-refractivity contribution in [2.75, 3.05) is 34.4 Å². The first-order valence-electron chi connectivity index (χ1n) is 9.03. The van der Waals surface area contributed by atoms with Gasteiger partial charge in [-0.1, -0.05) is 18.2 Å². The van der Waals surface area contributed by atoms with Crippen LogP contribution in [0.25, 0.3) is 10.9 Å². The molecule has 1 aromatic heterocycles. The van der Waals surface area contributed by atoms with Crippen LogP contribution >= 0.6 is 0 Å². The van der Waals surface area contributed by atoms with Gasteiger partial charge in [0.25, 0.3) is 5.56 Å². The molecule has 0 spiro atoms. The van der Waals surface area contributed by atoms with E-state index in [1.54, 1.807) is 19.2 Å². The largest absolute Gasteiger partial charge is 0.493 e. The Morgan fingerprint density at radius 1 is 1.07 bits per heavy atom. The number of aromatic nitrogens is 2. The van der Waals surface area contributed by atoms with E-state index in [1.807, 2.05) is 43.1 Å². The van der Waals surface area contributed by atoms with E-state index in [1.165, 1.54) is 7.11 Å². The molecule has 0 fully saturated rings. The Kier molecular flexibility index (Phi) is 6.16. The molecule has 148 valence electrons. The topological polar surface area (TPSA) is 76.7 Å². The number of hydrogen-bond acceptors (Lipinski definition) is 6. The summed E-state index contributed by atoms with van der Waals surface area (Å²) in [6.07, 6.45) is 0. The van der Waals surface area contributed by atoms with Crippen LogP contribution in [-0.2, 0) is 6.54 Å². The number of methoxy groups -OCH3 is 2. The third-order valence-electron chi connectivity index (χ3n) is 4.50. The average molecular weight is 383 g/mol. The molecule has 7 nitrogen and oxygen atoms in total. The quantitative estimate of drug-likeness (QED) is 0.645. The van der Waals surface area contributed by atoms with Crippen molar-refractivity contribution in [2.45, 2.75) is 13.5 Å². The Morgan fingerprint density at radius 2 is 1.79 bits per heavy atom. The second-order valence-electron chi connectivity index (χ2n) is 6.59. The van der Waals surface area contributed by atoms with Crippen molar-refractivity contribution < 1.29 is 14.2 Å². The Balaban J connectivity index is 1.69. The maximum absolute atomic E-state index is 12.5. The van der Waals surface area contributed by atoms with E-state index in [0.717, 1.165) is 11.3 Å². The van der Waals surface area contributed by atoms with Gasteiger partial charge in [0.15, 0.2) is 11.5 Å². The van der Waals surface area contributed by atoms with Gasteiger partial charge in [-0.25, -0.2) is 4.98 Å². The molecule has 3 aromatic rings. The first-order valence-corrected chi connectivity index (χ1v) is 9.03. The molecular weight excluding hydrogens is 358 g/mol. The van der Waals surface area contributed by atoms with Gasteiger partial charge in [-0.3, -0.25) is 9.69 Å². The van der Waals surface area contributed by atoms with E-state index in [-0.39, 0.29) is 5.56 Å². The van der Waals surface area contributed by atoms with Crippen molar-refractivity contribution in [3.05, 3.63) is 58.1 Å². The van der Waals surface area contributed by atoms with Crippen LogP contribution < -0.4 is 19.8 Å². The standard InChI is InChI=1S/C21H25N3O4/c1-14-7-5-6-8-17(14)28-10-9-24(2)13-20-22-16-12-19(27-4)18(26-3)11-15(16)21(25)23-20/h5-8,11-12H,9-10,13H2,1-4H3,(H,22,23,25). The summed E-state index contributed by atoms with van der Waals surface area (Å²) < 4.78 is 16.4. The number of hydrogen-bond donors (Lipinski definition) is 1. The van der Waals surface area contributed by atoms with E-state index in [2.05, 4.69) is 9.97 Å². The second-order valence-corrected chi connectivity index (χ2v) is 6.59. The van der Waals surface area contributed by atoms with Gasteiger partial charge in [-0.2, -0.15) is 0 Å². The molecule has 28 heavy (non-hydrogen) atoms. The third-order valence-corrected chi connectivity index (χ3v) is 4.50. The number of H-pyrrole nitrogens is 1. The van der Waals surface area contributed by atoms with Crippen molar-refractivity contribution in [1.82, 2.24) is 14.9 Å². The molecule has 0 atom stereocenters. The number of para-hydroxylation sites is 1. The van der Waals surface area contributed by atoms with Crippen molar-refractivity contribution in [2.24, 2.45) is 0 Å². The minimum absolute atomic E-state index is 0.203. The van der Waals surface area contributed by atoms with Crippen LogP contribution in [0.4, 0.5) is 0 Å². The number of likely N-dealkylation sites (N-methyl/N-ethyl adjacent to an activating group) is 1. The lowest BCUT2D eigenvalue weighted by Gasteiger charge is -2.17. The van der Waals surface area contributed by atoms with Gasteiger partial charge >= 0.3 is 0 Å². The number of nitrogens with zero attached hydrogens (tertiary/aromatic N) is 2. The first-order chi connectivity index (χ1) is 13.5. The Labute approximate surface area is 163 Å². The summed E-state index contributed by atoms with van der Waals surface area (Å²) in [5.41, 5.74) is 1.47. The fourth-order valence-electron chi connectivity index (χ4n) is 2.95. The summed E-state index contributed by atoms with van der Waals surface area (Å²) in [6, 6.07) is 11.3. The summed E-state index contributed by atoms with van der Waals surface area (Å²) >= 11 is 0. The van der Waals surface area contributed by atoms with E-state index in [9.17, 15) is 4.79 Å². The maximum atomic E-state index is 12.5. The van der Waals surface area contributed by atoms with Crippen LogP contribution in [-0.4, -0.2) is 49.3 Å². The number of fused-ring (bicyclic) bond motifs is 1. The molecule has 0 amide bonds. The SMILES string of the molecule is COc1cc2nc(CN(C)CCOc3ccccc3C)[nH]c(=O)c2cc1OC. The zero-order valence-electron chi connectivity index (χ0n) is 16.6. The minimum Gasteiger partial charge on any atom is -0.493 e. The lowest BCUT2D eigenvalue weighted by Crippen LogP contribution is -2.26. The smallest absolute Gasteiger partial charge is 0.258 e. The van der Waals surface area contributed by atoms with Gasteiger partial charge in [-0.05, 0) is 31.7 Å². The molecule has 0 aliphatic heterocycles. The Morgan fingerprint density at radius 3 is 2.50 bits per heavy atom. The summed E-state index contributed by atoms with van der Waals surface area (Å²) in [4.78, 5) is 21.9. The predicted molar refractivity (Wildman–Crippen MR) is 108 cm³/mol.